The molecule has 0 radical (unpaired) electrons. The molecule has 8 rings (SSSR count). The van der Waals surface area contributed by atoms with Gasteiger partial charge in [-0.25, -0.2) is 4.98 Å². The van der Waals surface area contributed by atoms with Crippen molar-refractivity contribution in [3.05, 3.63) is 47.7 Å². The molecule has 20 heteroatoms. The molecule has 5 aliphatic carbocycles. The summed E-state index contributed by atoms with van der Waals surface area (Å²) in [6.45, 7) is 14.1. The molecule has 80 heavy (non-hydrogen) atoms. The van der Waals surface area contributed by atoms with Gasteiger partial charge in [-0.15, -0.1) is 11.8 Å². The molecule has 1 saturated heterocycles. The molecule has 1 aliphatic heterocycles. The van der Waals surface area contributed by atoms with Crippen molar-refractivity contribution in [1.29, 1.82) is 0 Å². The molecule has 2 heterocycles. The molecule has 1 aromatic carbocycles. The van der Waals surface area contributed by atoms with Crippen LogP contribution < -0.4 is 26.4 Å². The van der Waals surface area contributed by atoms with Gasteiger partial charge in [-0.1, -0.05) is 51.5 Å². The van der Waals surface area contributed by atoms with Crippen LogP contribution in [0.2, 0.25) is 0 Å². The van der Waals surface area contributed by atoms with Gasteiger partial charge in [0.2, 0.25) is 29.5 Å². The fourth-order valence-corrected chi connectivity index (χ4v) is 15.6. The molecule has 442 valence electrons. The lowest BCUT2D eigenvalue weighted by Gasteiger charge is -2.88. The Bertz CT molecular complexity index is 2360. The average Bonchev–Trinajstić information content (AvgIpc) is 1.86. The number of hydrogen-bond donors (Lipinski definition) is 4. The van der Waals surface area contributed by atoms with Crippen LogP contribution in [0.1, 0.15) is 103 Å². The molecule has 0 spiro atoms. The smallest absolute Gasteiger partial charge is 0.318 e. The zero-order chi connectivity index (χ0) is 56.5. The fraction of sp³-hybridized carbons (Fsp3) is 0.733. The molecular weight excluding hydrogens is 1040 g/mol. The lowest BCUT2D eigenvalue weighted by atomic mass is 9.16. The molecule has 6 fully saturated rings. The van der Waals surface area contributed by atoms with Crippen molar-refractivity contribution in [2.24, 2.45) is 71.0 Å². The highest BCUT2D eigenvalue weighted by molar-refractivity contribution is 8.00. The summed E-state index contributed by atoms with van der Waals surface area (Å²) in [5, 5.41) is 7.94. The van der Waals surface area contributed by atoms with Gasteiger partial charge in [-0.2, -0.15) is 4.98 Å². The third-order valence-corrected chi connectivity index (χ3v) is 19.7. The van der Waals surface area contributed by atoms with Crippen LogP contribution in [0.15, 0.2) is 36.5 Å². The lowest BCUT2D eigenvalue weighted by Crippen LogP contribution is -2.85. The highest BCUT2D eigenvalue weighted by Gasteiger charge is 2.83. The molecule has 14 unspecified atom stereocenters. The number of thioether (sulfide) groups is 1. The van der Waals surface area contributed by atoms with Crippen LogP contribution in [0, 0.1) is 71.0 Å². The Morgan fingerprint density at radius 1 is 0.688 bits per heavy atom. The summed E-state index contributed by atoms with van der Waals surface area (Å²) >= 11 is 1.67. The molecule has 14 atom stereocenters. The monoisotopic (exact) mass is 1130 g/mol. The number of likely N-dealkylation sites (tertiary alicyclic amines) is 1. The molecule has 2 aromatic rings. The zero-order valence-corrected chi connectivity index (χ0v) is 48.5. The SMILES string of the molecule is CCOCCOCCNC(=O)CC(NC(=O)CCCCCN1C(=O)CC(SCCC2C(C)C3C2C2C4C5C(C)C(C)C5C4C32)C1=O)C(=O)NCCOCCOCCOCCCC(=O)CCc1ccc(COc2nccc(N)n2)cc1. The highest BCUT2D eigenvalue weighted by atomic mass is 32.2. The van der Waals surface area contributed by atoms with E-state index in [9.17, 15) is 28.8 Å². The van der Waals surface area contributed by atoms with Crippen molar-refractivity contribution >= 4 is 52.9 Å². The predicted molar refractivity (Wildman–Crippen MR) is 302 cm³/mol. The molecule has 0 bridgehead atoms. The number of ketones is 1. The van der Waals surface area contributed by atoms with Crippen molar-refractivity contribution < 1.29 is 57.2 Å². The number of nitrogen functional groups attached to an aromatic ring is 1. The third-order valence-electron chi connectivity index (χ3n) is 18.5. The Hall–Kier alpha value is -4.73. The number of nitrogens with two attached hydrogens (primary N) is 1. The number of nitrogens with one attached hydrogen (secondary N) is 3. The number of carbonyl (C=O) groups is 6. The molecule has 5 amide bonds. The minimum Gasteiger partial charge on any atom is -0.459 e. The van der Waals surface area contributed by atoms with Crippen LogP contribution in [-0.2, 0) is 65.5 Å². The van der Waals surface area contributed by atoms with E-state index in [1.165, 1.54) is 4.90 Å². The maximum atomic E-state index is 13.4. The first-order valence-corrected chi connectivity index (χ1v) is 30.9. The Morgan fingerprint density at radius 3 is 2.00 bits per heavy atom. The maximum Gasteiger partial charge on any atom is 0.318 e. The summed E-state index contributed by atoms with van der Waals surface area (Å²) in [6.07, 6.45) is 6.69. The topological polar surface area (TPSA) is 249 Å². The molecule has 5 N–H and O–H groups in total. The van der Waals surface area contributed by atoms with Gasteiger partial charge in [0, 0.05) is 64.7 Å². The number of rotatable bonds is 40. The summed E-state index contributed by atoms with van der Waals surface area (Å²) in [4.78, 5) is 87.6. The van der Waals surface area contributed by atoms with Crippen molar-refractivity contribution in [1.82, 2.24) is 30.8 Å². The number of nitrogens with zero attached hydrogens (tertiary/aromatic N) is 3. The number of unbranched alkanes of at least 4 members (excludes halogenated alkanes) is 2. The van der Waals surface area contributed by atoms with Gasteiger partial charge >= 0.3 is 6.01 Å². The number of amides is 5. The highest BCUT2D eigenvalue weighted by Crippen LogP contribution is 2.86. The number of fused-ring (bicyclic) bond motifs is 10. The van der Waals surface area contributed by atoms with Gasteiger partial charge in [0.15, 0.2) is 0 Å². The predicted octanol–water partition coefficient (Wildman–Crippen LogP) is 5.46. The van der Waals surface area contributed by atoms with Crippen molar-refractivity contribution in [2.75, 3.05) is 97.2 Å². The maximum absolute atomic E-state index is 13.4. The van der Waals surface area contributed by atoms with E-state index in [0.29, 0.717) is 110 Å². The summed E-state index contributed by atoms with van der Waals surface area (Å²) in [7, 11) is 0. The number of imide groups is 1. The van der Waals surface area contributed by atoms with Crippen molar-refractivity contribution in [2.45, 2.75) is 116 Å². The van der Waals surface area contributed by atoms with E-state index in [1.54, 1.807) is 24.0 Å². The van der Waals surface area contributed by atoms with E-state index in [1.807, 2.05) is 31.2 Å². The third kappa shape index (κ3) is 15.7. The molecule has 19 nitrogen and oxygen atoms in total. The minimum absolute atomic E-state index is 0.0813. The summed E-state index contributed by atoms with van der Waals surface area (Å²) in [5.41, 5.74) is 7.70. The number of anilines is 1. The van der Waals surface area contributed by atoms with Gasteiger partial charge in [0.05, 0.1) is 64.5 Å². The first-order chi connectivity index (χ1) is 38.9. The first kappa shape index (κ1) is 61.3. The number of aryl methyl sites for hydroxylation is 1. The van der Waals surface area contributed by atoms with Crippen LogP contribution in [0.4, 0.5) is 5.82 Å². The van der Waals surface area contributed by atoms with Gasteiger partial charge in [-0.3, -0.25) is 33.7 Å². The standard InChI is InChI=1S/C60H89N7O12S/c1-5-74-27-28-76-25-21-62-48(70)34-44(58(72)63-22-26-77-30-32-78-31-29-75-24-9-10-42(68)17-16-40-12-14-41(15-13-40)36-79-60-64-20-18-46(61)66-60)65-47(69)11-7-6-8-23-67-49(71)35-45(59(67)73)80-33-19-43-39(4)52-53(43)57-55-51-38(3)37(2)50(51)54(55)56(52)57/h12-15,18,20,37-39,43-45,50-57H,5-11,16-17,19,21-36H2,1-4H3,(H,62,70)(H,63,72)(H,65,69)(H2,61,64,66). The van der Waals surface area contributed by atoms with Crippen LogP contribution >= 0.6 is 11.8 Å². The fourth-order valence-electron chi connectivity index (χ4n) is 14.4. The van der Waals surface area contributed by atoms with Crippen molar-refractivity contribution in [3.8, 4) is 6.01 Å². The number of Topliss-reactive ketones (excluding diaryl/α,β-unsaturated/α-hetero) is 1. The average molecular weight is 1130 g/mol. The number of hydrogen-bond acceptors (Lipinski definition) is 16. The molecule has 6 aliphatic rings. The zero-order valence-electron chi connectivity index (χ0n) is 47.7. The van der Waals surface area contributed by atoms with E-state index in [2.05, 4.69) is 46.7 Å². The van der Waals surface area contributed by atoms with Crippen LogP contribution in [0.5, 0.6) is 6.01 Å². The van der Waals surface area contributed by atoms with E-state index in [0.717, 1.165) is 94.3 Å². The lowest BCUT2D eigenvalue weighted by molar-refractivity contribution is -0.413. The summed E-state index contributed by atoms with van der Waals surface area (Å²) in [6, 6.07) is 8.60. The largest absolute Gasteiger partial charge is 0.459 e. The van der Waals surface area contributed by atoms with E-state index in [-0.39, 0.29) is 86.9 Å². The van der Waals surface area contributed by atoms with E-state index >= 15 is 0 Å². The second-order valence-electron chi connectivity index (χ2n) is 23.0. The van der Waals surface area contributed by atoms with Crippen molar-refractivity contribution in [3.63, 3.8) is 0 Å². The van der Waals surface area contributed by atoms with Gasteiger partial charge in [0.25, 0.3) is 0 Å². The van der Waals surface area contributed by atoms with Gasteiger partial charge in [-0.05, 0) is 133 Å². The molecule has 5 saturated carbocycles. The van der Waals surface area contributed by atoms with E-state index < -0.39 is 17.9 Å². The molecule has 1 aromatic heterocycles. The summed E-state index contributed by atoms with van der Waals surface area (Å²) < 4.78 is 33.2. The Kier molecular flexibility index (Phi) is 23.4. The van der Waals surface area contributed by atoms with E-state index in [4.69, 9.17) is 34.2 Å². The molecular formula is C60H89N7O12S. The second-order valence-corrected chi connectivity index (χ2v) is 24.3. The van der Waals surface area contributed by atoms with Crippen LogP contribution in [0.3, 0.4) is 0 Å². The summed E-state index contributed by atoms with van der Waals surface area (Å²) in [5.74, 6) is 11.2. The normalized spacial score (nSPS) is 27.9. The quantitative estimate of drug-likeness (QED) is 0.0367. The van der Waals surface area contributed by atoms with Gasteiger partial charge in [0.1, 0.15) is 24.2 Å². The van der Waals surface area contributed by atoms with Crippen LogP contribution in [0.25, 0.3) is 0 Å². The number of aromatic nitrogens is 2. The first-order valence-electron chi connectivity index (χ1n) is 29.8. The number of benzene rings is 1. The number of ether oxygens (including phenoxy) is 6. The number of carbonyl (C=O) groups excluding carboxylic acids is 6. The Morgan fingerprint density at radius 2 is 1.31 bits per heavy atom. The Balaban J connectivity index is 0.635. The van der Waals surface area contributed by atoms with Gasteiger partial charge < -0.3 is 50.1 Å². The second kappa shape index (κ2) is 30.5. The van der Waals surface area contributed by atoms with Crippen LogP contribution in [-0.4, -0.2) is 153 Å². The Labute approximate surface area is 477 Å². The minimum atomic E-state index is -1.11.